The van der Waals surface area contributed by atoms with Gasteiger partial charge in [0.2, 0.25) is 0 Å². The Morgan fingerprint density at radius 2 is 2.33 bits per heavy atom. The first-order valence-corrected chi connectivity index (χ1v) is 2.97. The lowest BCUT2D eigenvalue weighted by Crippen LogP contribution is -2.13. The summed E-state index contributed by atoms with van der Waals surface area (Å²) in [5.41, 5.74) is 0. The Bertz CT molecular complexity index is 199. The van der Waals surface area contributed by atoms with Crippen LogP contribution in [0.25, 0.3) is 0 Å². The molecule has 1 rings (SSSR count). The number of carbonyl (C=O) groups excluding carboxylic acids is 1. The van der Waals surface area contributed by atoms with Crippen molar-refractivity contribution in [2.24, 2.45) is 10.2 Å². The van der Waals surface area contributed by atoms with Crippen LogP contribution in [-0.4, -0.2) is 11.3 Å². The third-order valence-electron chi connectivity index (χ3n) is 0.796. The van der Waals surface area contributed by atoms with Gasteiger partial charge in [0.15, 0.2) is 5.38 Å². The van der Waals surface area contributed by atoms with E-state index in [0.29, 0.717) is 0 Å². The van der Waals surface area contributed by atoms with Crippen LogP contribution < -0.4 is 0 Å². The molecule has 0 N–H and O–H groups in total. The molecule has 1 aliphatic heterocycles. The summed E-state index contributed by atoms with van der Waals surface area (Å²) in [6.45, 7) is 0. The summed E-state index contributed by atoms with van der Waals surface area (Å²) in [6.07, 6.45) is 1.25. The molecule has 0 aromatic rings. The number of azo groups is 1. The van der Waals surface area contributed by atoms with E-state index >= 15 is 0 Å². The second kappa shape index (κ2) is 2.45. The first-order chi connectivity index (χ1) is 4.22. The van der Waals surface area contributed by atoms with Gasteiger partial charge in [0.1, 0.15) is 0 Å². The highest BCUT2D eigenvalue weighted by atomic mass is 35.5. The molecule has 3 nitrogen and oxygen atoms in total. The summed E-state index contributed by atoms with van der Waals surface area (Å²) in [5, 5.41) is 5.83. The third kappa shape index (κ3) is 1.28. The first kappa shape index (κ1) is 6.71. The highest BCUT2D eigenvalue weighted by Crippen LogP contribution is 2.19. The quantitative estimate of drug-likeness (QED) is 0.503. The van der Waals surface area contributed by atoms with Gasteiger partial charge in [-0.1, -0.05) is 11.6 Å². The van der Waals surface area contributed by atoms with Crippen LogP contribution in [0.4, 0.5) is 0 Å². The molecule has 0 spiro atoms. The maximum Gasteiger partial charge on any atom is 0.287 e. The fourth-order valence-electron chi connectivity index (χ4n) is 0.375. The number of rotatable bonds is 0. The Morgan fingerprint density at radius 1 is 1.67 bits per heavy atom. The zero-order valence-electron chi connectivity index (χ0n) is 4.21. The van der Waals surface area contributed by atoms with Crippen LogP contribution in [-0.2, 0) is 4.79 Å². The topological polar surface area (TPSA) is 41.8 Å². The van der Waals surface area contributed by atoms with Crippen LogP contribution in [0.2, 0.25) is 0 Å². The van der Waals surface area contributed by atoms with Crippen molar-refractivity contribution >= 4 is 29.1 Å². The Labute approximate surface area is 61.4 Å². The van der Waals surface area contributed by atoms with E-state index in [0.717, 1.165) is 0 Å². The summed E-state index contributed by atoms with van der Waals surface area (Å²) < 4.78 is 0. The monoisotopic (exact) mass is 164 g/mol. The van der Waals surface area contributed by atoms with E-state index in [4.69, 9.17) is 23.2 Å². The SMILES string of the molecule is O=C1N=NC=C(Cl)C1Cl. The van der Waals surface area contributed by atoms with Crippen LogP contribution in [0.1, 0.15) is 0 Å². The number of alkyl halides is 1. The second-order valence-corrected chi connectivity index (χ2v) is 2.30. The molecule has 1 atom stereocenters. The van der Waals surface area contributed by atoms with Crippen molar-refractivity contribution in [2.45, 2.75) is 5.38 Å². The smallest absolute Gasteiger partial charge is 0.269 e. The van der Waals surface area contributed by atoms with Gasteiger partial charge in [-0.25, -0.2) is 0 Å². The van der Waals surface area contributed by atoms with Crippen molar-refractivity contribution in [3.63, 3.8) is 0 Å². The molecular weight excluding hydrogens is 163 g/mol. The summed E-state index contributed by atoms with van der Waals surface area (Å²) in [4.78, 5) is 10.5. The van der Waals surface area contributed by atoms with Gasteiger partial charge in [-0.3, -0.25) is 4.79 Å². The molecule has 0 saturated heterocycles. The van der Waals surface area contributed by atoms with Crippen LogP contribution in [0.15, 0.2) is 21.5 Å². The Hall–Kier alpha value is -0.410. The summed E-state index contributed by atoms with van der Waals surface area (Å²) in [6, 6.07) is 0. The standard InChI is InChI=1S/C4H2Cl2N2O/c5-2-1-7-8-4(9)3(2)6/h1,3H. The summed E-state index contributed by atoms with van der Waals surface area (Å²) in [7, 11) is 0. The molecule has 0 bridgehead atoms. The molecule has 1 aliphatic rings. The lowest BCUT2D eigenvalue weighted by Gasteiger charge is -2.03. The predicted octanol–water partition coefficient (Wildman–Crippen LogP) is 1.67. The van der Waals surface area contributed by atoms with Crippen molar-refractivity contribution in [2.75, 3.05) is 0 Å². The summed E-state index contributed by atoms with van der Waals surface area (Å²) in [5.74, 6) is -0.510. The maximum atomic E-state index is 10.5. The number of hydrogen-bond acceptors (Lipinski definition) is 2. The van der Waals surface area contributed by atoms with Gasteiger partial charge < -0.3 is 0 Å². The van der Waals surface area contributed by atoms with E-state index in [2.05, 4.69) is 10.2 Å². The molecule has 1 amide bonds. The molecule has 0 radical (unpaired) electrons. The van der Waals surface area contributed by atoms with Crippen molar-refractivity contribution in [1.82, 2.24) is 0 Å². The fraction of sp³-hybridized carbons (Fsp3) is 0.250. The van der Waals surface area contributed by atoms with Crippen LogP contribution in [0, 0.1) is 0 Å². The molecule has 1 unspecified atom stereocenters. The normalized spacial score (nSPS) is 26.2. The Morgan fingerprint density at radius 3 is 2.78 bits per heavy atom. The molecular formula is C4H2Cl2N2O. The Balaban J connectivity index is 2.86. The van der Waals surface area contributed by atoms with Gasteiger partial charge in [-0.2, -0.15) is 5.11 Å². The van der Waals surface area contributed by atoms with Gasteiger partial charge in [0.05, 0.1) is 11.2 Å². The second-order valence-electron chi connectivity index (χ2n) is 1.43. The molecule has 9 heavy (non-hydrogen) atoms. The molecule has 0 saturated carbocycles. The van der Waals surface area contributed by atoms with Crippen molar-refractivity contribution in [3.05, 3.63) is 11.2 Å². The molecule has 0 fully saturated rings. The van der Waals surface area contributed by atoms with Gasteiger partial charge >= 0.3 is 0 Å². The van der Waals surface area contributed by atoms with E-state index in [1.54, 1.807) is 0 Å². The van der Waals surface area contributed by atoms with Crippen molar-refractivity contribution < 1.29 is 4.79 Å². The van der Waals surface area contributed by atoms with Gasteiger partial charge in [-0.15, -0.1) is 16.7 Å². The average Bonchev–Trinajstić information content (AvgIpc) is 1.83. The lowest BCUT2D eigenvalue weighted by molar-refractivity contribution is -0.117. The first-order valence-electron chi connectivity index (χ1n) is 2.16. The zero-order chi connectivity index (χ0) is 6.85. The van der Waals surface area contributed by atoms with Crippen molar-refractivity contribution in [1.29, 1.82) is 0 Å². The van der Waals surface area contributed by atoms with Crippen molar-refractivity contribution in [3.8, 4) is 0 Å². The molecule has 48 valence electrons. The molecule has 0 aliphatic carbocycles. The maximum absolute atomic E-state index is 10.5. The van der Waals surface area contributed by atoms with Gasteiger partial charge in [0.25, 0.3) is 5.91 Å². The van der Waals surface area contributed by atoms with E-state index < -0.39 is 11.3 Å². The largest absolute Gasteiger partial charge is 0.287 e. The molecule has 0 aromatic heterocycles. The minimum absolute atomic E-state index is 0.219. The van der Waals surface area contributed by atoms with Gasteiger partial charge in [-0.05, 0) is 0 Å². The van der Waals surface area contributed by atoms with E-state index in [-0.39, 0.29) is 5.03 Å². The van der Waals surface area contributed by atoms with Crippen LogP contribution in [0.5, 0.6) is 0 Å². The number of hydrogen-bond donors (Lipinski definition) is 0. The third-order valence-corrected chi connectivity index (χ3v) is 1.65. The molecule has 1 heterocycles. The predicted molar refractivity (Wildman–Crippen MR) is 33.4 cm³/mol. The number of halogens is 2. The van der Waals surface area contributed by atoms with E-state index in [9.17, 15) is 4.79 Å². The van der Waals surface area contributed by atoms with Crippen LogP contribution in [0.3, 0.4) is 0 Å². The summed E-state index contributed by atoms with van der Waals surface area (Å²) >= 11 is 10.8. The minimum atomic E-state index is -0.829. The molecule has 0 aromatic carbocycles. The van der Waals surface area contributed by atoms with Gasteiger partial charge in [0, 0.05) is 0 Å². The van der Waals surface area contributed by atoms with E-state index in [1.807, 2.05) is 0 Å². The highest BCUT2D eigenvalue weighted by molar-refractivity contribution is 6.43. The lowest BCUT2D eigenvalue weighted by atomic mass is 10.4. The molecule has 5 heteroatoms. The number of nitrogens with zero attached hydrogens (tertiary/aromatic N) is 2. The fourth-order valence-corrected chi connectivity index (χ4v) is 0.612. The number of carbonyl (C=O) groups is 1. The van der Waals surface area contributed by atoms with Crippen LogP contribution >= 0.6 is 23.2 Å². The zero-order valence-corrected chi connectivity index (χ0v) is 5.73. The number of amides is 1. The highest BCUT2D eigenvalue weighted by Gasteiger charge is 2.20. The average molecular weight is 165 g/mol. The Kier molecular flexibility index (Phi) is 1.83. The minimum Gasteiger partial charge on any atom is -0.269 e. The van der Waals surface area contributed by atoms with E-state index in [1.165, 1.54) is 6.20 Å².